The summed E-state index contributed by atoms with van der Waals surface area (Å²) in [6, 6.07) is 0. The zero-order valence-electron chi connectivity index (χ0n) is 17.7. The van der Waals surface area contributed by atoms with E-state index in [9.17, 15) is 0 Å². The zero-order valence-corrected chi connectivity index (χ0v) is 17.7. The van der Waals surface area contributed by atoms with Gasteiger partial charge in [0.05, 0.1) is 0 Å². The summed E-state index contributed by atoms with van der Waals surface area (Å²) in [5.74, 6) is 6.49. The first kappa shape index (κ1) is 20.3. The van der Waals surface area contributed by atoms with Crippen molar-refractivity contribution in [1.82, 2.24) is 0 Å². The lowest BCUT2D eigenvalue weighted by Crippen LogP contribution is -2.28. The fraction of sp³-hybridized carbons (Fsp3) is 0.958. The molecule has 0 heteroatoms. The highest BCUT2D eigenvalue weighted by Gasteiger charge is 2.36. The molecule has 0 saturated heterocycles. The highest BCUT2D eigenvalue weighted by atomic mass is 14.4. The lowest BCUT2D eigenvalue weighted by molar-refractivity contribution is 0.122. The van der Waals surface area contributed by atoms with E-state index in [1.807, 2.05) is 0 Å². The molecular weight excluding hydrogens is 288 g/mol. The normalized spacial score (nSPS) is 44.0. The molecule has 0 aliphatic heterocycles. The van der Waals surface area contributed by atoms with Crippen LogP contribution in [0.2, 0.25) is 0 Å². The highest BCUT2D eigenvalue weighted by molar-refractivity contribution is 4.90. The molecule has 0 spiro atoms. The predicted octanol–water partition coefficient (Wildman–Crippen LogP) is 8.07. The maximum Gasteiger partial charge on any atom is -0.0303 e. The van der Waals surface area contributed by atoms with Crippen LogP contribution in [0.5, 0.6) is 0 Å². The Kier molecular flexibility index (Phi) is 7.69. The van der Waals surface area contributed by atoms with Crippen molar-refractivity contribution in [2.75, 3.05) is 0 Å². The van der Waals surface area contributed by atoms with Crippen molar-refractivity contribution in [2.24, 2.45) is 35.0 Å². The molecule has 0 amide bonds. The molecule has 0 aromatic heterocycles. The first-order chi connectivity index (χ1) is 11.3. The van der Waals surface area contributed by atoms with Crippen LogP contribution in [0.25, 0.3) is 0 Å². The summed E-state index contributed by atoms with van der Waals surface area (Å²) >= 11 is 0. The number of hydrogen-bond acceptors (Lipinski definition) is 0. The maximum absolute atomic E-state index is 2.59. The van der Waals surface area contributed by atoms with E-state index in [0.29, 0.717) is 5.41 Å². The van der Waals surface area contributed by atoms with Gasteiger partial charge < -0.3 is 5.92 Å². The monoisotopic (exact) mass is 333 g/mol. The molecule has 2 saturated carbocycles. The molecule has 24 heavy (non-hydrogen) atoms. The fourth-order valence-electron chi connectivity index (χ4n) is 5.67. The van der Waals surface area contributed by atoms with E-state index in [4.69, 9.17) is 0 Å². The Morgan fingerprint density at radius 1 is 0.875 bits per heavy atom. The summed E-state index contributed by atoms with van der Waals surface area (Å²) in [5.41, 5.74) is 0.575. The summed E-state index contributed by atoms with van der Waals surface area (Å²) < 4.78 is 0. The van der Waals surface area contributed by atoms with Crippen molar-refractivity contribution < 1.29 is 0 Å². The summed E-state index contributed by atoms with van der Waals surface area (Å²) in [6.45, 7) is 15.1. The second kappa shape index (κ2) is 9.09. The van der Waals surface area contributed by atoms with Gasteiger partial charge in [0.15, 0.2) is 0 Å². The molecule has 0 aromatic rings. The molecule has 0 aromatic carbocycles. The minimum Gasteiger partial charge on any atom is -0.317 e. The minimum absolute atomic E-state index is 0.575. The fourth-order valence-corrected chi connectivity index (χ4v) is 5.67. The molecule has 2 rings (SSSR count). The van der Waals surface area contributed by atoms with Gasteiger partial charge in [-0.15, -0.1) is 0 Å². The van der Waals surface area contributed by atoms with Crippen LogP contribution >= 0.6 is 0 Å². The number of hydrogen-bond donors (Lipinski definition) is 0. The van der Waals surface area contributed by atoms with Gasteiger partial charge in [0.25, 0.3) is 0 Å². The van der Waals surface area contributed by atoms with E-state index in [1.54, 1.807) is 5.92 Å². The third-order valence-corrected chi connectivity index (χ3v) is 8.18. The van der Waals surface area contributed by atoms with Crippen molar-refractivity contribution in [1.29, 1.82) is 0 Å². The van der Waals surface area contributed by atoms with E-state index in [-0.39, 0.29) is 0 Å². The zero-order chi connectivity index (χ0) is 17.7. The molecule has 0 N–H and O–H groups in total. The summed E-state index contributed by atoms with van der Waals surface area (Å²) in [4.78, 5) is 0. The third kappa shape index (κ3) is 5.50. The van der Waals surface area contributed by atoms with Gasteiger partial charge in [-0.3, -0.25) is 0 Å². The summed E-state index contributed by atoms with van der Waals surface area (Å²) in [5, 5.41) is 0. The van der Waals surface area contributed by atoms with Gasteiger partial charge in [0.1, 0.15) is 0 Å². The van der Waals surface area contributed by atoms with Crippen LogP contribution in [0.3, 0.4) is 0 Å². The van der Waals surface area contributed by atoms with E-state index in [0.717, 1.165) is 29.6 Å². The van der Waals surface area contributed by atoms with Crippen LogP contribution in [-0.2, 0) is 0 Å². The van der Waals surface area contributed by atoms with Crippen LogP contribution in [0.1, 0.15) is 112 Å². The minimum atomic E-state index is 0.575. The molecule has 142 valence electrons. The molecule has 6 unspecified atom stereocenters. The molecule has 0 nitrogen and oxygen atoms in total. The van der Waals surface area contributed by atoms with E-state index in [1.165, 1.54) is 70.6 Å². The Labute approximate surface area is 153 Å². The van der Waals surface area contributed by atoms with Crippen molar-refractivity contribution in [3.63, 3.8) is 0 Å². The molecule has 2 aliphatic rings. The maximum atomic E-state index is 2.59. The topological polar surface area (TPSA) is 0 Å². The second-order valence-electron chi connectivity index (χ2n) is 10.3. The van der Waals surface area contributed by atoms with Crippen molar-refractivity contribution in [2.45, 2.75) is 112 Å². The van der Waals surface area contributed by atoms with Gasteiger partial charge in [-0.25, -0.2) is 0 Å². The SMILES string of the molecule is CCC1(C)CCC(C)CC2CCC[C-](C)CCC(C)CC2CC1C. The Bertz CT molecular complexity index is 359. The van der Waals surface area contributed by atoms with Gasteiger partial charge in [0, 0.05) is 0 Å². The van der Waals surface area contributed by atoms with Gasteiger partial charge in [-0.1, -0.05) is 66.7 Å². The first-order valence-electron chi connectivity index (χ1n) is 11.1. The Hall–Kier alpha value is 0. The average molecular weight is 334 g/mol. The van der Waals surface area contributed by atoms with E-state index < -0.39 is 0 Å². The molecule has 2 fully saturated rings. The molecule has 0 radical (unpaired) electrons. The number of fused-ring (bicyclic) bond motifs is 1. The predicted molar refractivity (Wildman–Crippen MR) is 108 cm³/mol. The van der Waals surface area contributed by atoms with Gasteiger partial charge >= 0.3 is 0 Å². The van der Waals surface area contributed by atoms with Gasteiger partial charge in [-0.2, -0.15) is 19.8 Å². The molecule has 2 aliphatic carbocycles. The van der Waals surface area contributed by atoms with Crippen molar-refractivity contribution >= 4 is 0 Å². The van der Waals surface area contributed by atoms with Gasteiger partial charge in [-0.05, 0) is 60.7 Å². The standard InChI is InChI=1S/C24H45/c1-7-24(6)14-13-20(4)15-22-10-8-9-18(2)11-12-19(3)16-23(22)17-21(24)5/h19-23H,7-17H2,1-6H3/q-1. The Morgan fingerprint density at radius 2 is 1.54 bits per heavy atom. The average Bonchev–Trinajstić information content (AvgIpc) is 2.58. The smallest absolute Gasteiger partial charge is 0.0303 e. The van der Waals surface area contributed by atoms with E-state index in [2.05, 4.69) is 41.5 Å². The lowest BCUT2D eigenvalue weighted by atomic mass is 9.67. The van der Waals surface area contributed by atoms with Crippen LogP contribution in [0, 0.1) is 40.9 Å². The van der Waals surface area contributed by atoms with Crippen LogP contribution in [0.4, 0.5) is 0 Å². The van der Waals surface area contributed by atoms with E-state index >= 15 is 0 Å². The lowest BCUT2D eigenvalue weighted by Gasteiger charge is -2.39. The first-order valence-corrected chi connectivity index (χ1v) is 11.1. The summed E-state index contributed by atoms with van der Waals surface area (Å²) in [7, 11) is 0. The molecule has 0 heterocycles. The number of rotatable bonds is 1. The van der Waals surface area contributed by atoms with Crippen LogP contribution in [0.15, 0.2) is 0 Å². The van der Waals surface area contributed by atoms with Gasteiger partial charge in [0.2, 0.25) is 0 Å². The molecule has 0 bridgehead atoms. The van der Waals surface area contributed by atoms with Crippen LogP contribution < -0.4 is 0 Å². The molecular formula is C24H45-. The highest BCUT2D eigenvalue weighted by Crippen LogP contribution is 2.47. The quantitative estimate of drug-likeness (QED) is 0.425. The largest absolute Gasteiger partial charge is 0.317 e. The van der Waals surface area contributed by atoms with Crippen molar-refractivity contribution in [3.05, 3.63) is 5.92 Å². The van der Waals surface area contributed by atoms with Crippen LogP contribution in [-0.4, -0.2) is 0 Å². The second-order valence-corrected chi connectivity index (χ2v) is 10.3. The summed E-state index contributed by atoms with van der Waals surface area (Å²) in [6.07, 6.45) is 15.9. The van der Waals surface area contributed by atoms with Crippen molar-refractivity contribution in [3.8, 4) is 0 Å². The Morgan fingerprint density at radius 3 is 2.25 bits per heavy atom. The molecule has 6 atom stereocenters. The Balaban J connectivity index is 2.18. The third-order valence-electron chi connectivity index (χ3n) is 8.18.